The van der Waals surface area contributed by atoms with E-state index in [0.29, 0.717) is 24.5 Å². The Balaban J connectivity index is 1.42. The number of aliphatic hydroxyl groups is 1. The fraction of sp³-hybridized carbons (Fsp3) is 0.515. The smallest absolute Gasteiger partial charge is 0.262 e. The van der Waals surface area contributed by atoms with Crippen LogP contribution in [0.3, 0.4) is 0 Å². The molecule has 2 aromatic rings. The Morgan fingerprint density at radius 2 is 2.00 bits per heavy atom. The van der Waals surface area contributed by atoms with Crippen molar-refractivity contribution in [2.45, 2.75) is 69.1 Å². The third-order valence-electron chi connectivity index (χ3n) is 9.93. The first kappa shape index (κ1) is 28.6. The van der Waals surface area contributed by atoms with E-state index in [0.717, 1.165) is 61.7 Å². The van der Waals surface area contributed by atoms with Crippen LogP contribution in [0, 0.1) is 17.8 Å². The molecule has 1 fully saturated rings. The highest BCUT2D eigenvalue weighted by molar-refractivity contribution is 7.99. The van der Waals surface area contributed by atoms with E-state index in [-0.39, 0.29) is 28.4 Å². The number of fused-ring (bicyclic) bond motifs is 4. The summed E-state index contributed by atoms with van der Waals surface area (Å²) in [5.41, 5.74) is 3.67. The molecule has 2 aromatic carbocycles. The minimum atomic E-state index is -2.89. The number of carbonyl (C=O) groups excluding carboxylic acids is 1. The summed E-state index contributed by atoms with van der Waals surface area (Å²) in [5, 5.41) is 11.6. The van der Waals surface area contributed by atoms with Crippen molar-refractivity contribution in [1.82, 2.24) is 4.72 Å². The van der Waals surface area contributed by atoms with Gasteiger partial charge >= 0.3 is 0 Å². The van der Waals surface area contributed by atoms with Gasteiger partial charge in [-0.05, 0) is 111 Å². The zero-order valence-corrected chi connectivity index (χ0v) is 25.6. The van der Waals surface area contributed by atoms with E-state index in [9.17, 15) is 14.1 Å². The molecule has 0 radical (unpaired) electrons. The van der Waals surface area contributed by atoms with Crippen LogP contribution in [0.1, 0.15) is 67.4 Å². The van der Waals surface area contributed by atoms with Crippen molar-refractivity contribution in [1.29, 1.82) is 0 Å². The number of amides is 1. The van der Waals surface area contributed by atoms with E-state index < -0.39 is 15.8 Å². The molecule has 2 heterocycles. The summed E-state index contributed by atoms with van der Waals surface area (Å²) in [7, 11) is -2.89. The van der Waals surface area contributed by atoms with Crippen molar-refractivity contribution in [3.63, 3.8) is 0 Å². The maximum Gasteiger partial charge on any atom is 0.262 e. The van der Waals surface area contributed by atoms with E-state index in [1.807, 2.05) is 37.3 Å². The van der Waals surface area contributed by atoms with Crippen molar-refractivity contribution in [3.05, 3.63) is 70.3 Å². The van der Waals surface area contributed by atoms with E-state index in [1.165, 1.54) is 11.1 Å². The minimum Gasteiger partial charge on any atom is -0.490 e. The predicted octanol–water partition coefficient (Wildman–Crippen LogP) is 5.55. The average molecular weight is 597 g/mol. The first-order valence-corrected chi connectivity index (χ1v) is 17.1. The largest absolute Gasteiger partial charge is 0.490 e. The molecule has 4 aliphatic rings. The fourth-order valence-corrected chi connectivity index (χ4v) is 8.77. The minimum absolute atomic E-state index is 0.0962. The zero-order valence-electron chi connectivity index (χ0n) is 24.0. The second kappa shape index (κ2) is 11.0. The summed E-state index contributed by atoms with van der Waals surface area (Å²) in [5.74, 6) is 4.88. The highest BCUT2D eigenvalue weighted by atomic mass is 35.5. The summed E-state index contributed by atoms with van der Waals surface area (Å²) in [4.78, 5) is 15.8. The Morgan fingerprint density at radius 1 is 1.17 bits per heavy atom. The SMILES string of the molecule is C=S1(=O)NC(=O)c2ccc3c(c2)N(C[C@@H]2CC[C@H]2[C@@H](O)/C=C/[C@@H](C)C[C@@H]1C)C[C@@]1(CCCc2cc(Cl)ccc21)CO3. The third-order valence-corrected chi connectivity index (χ3v) is 12.2. The van der Waals surface area contributed by atoms with E-state index >= 15 is 0 Å². The number of halogens is 1. The Morgan fingerprint density at radius 3 is 2.78 bits per heavy atom. The third kappa shape index (κ3) is 5.53. The lowest BCUT2D eigenvalue weighted by atomic mass is 9.68. The number of aryl methyl sites for hydroxylation is 1. The topological polar surface area (TPSA) is 78.9 Å². The van der Waals surface area contributed by atoms with Crippen molar-refractivity contribution in [3.8, 4) is 5.75 Å². The molecule has 8 heteroatoms. The molecule has 1 unspecified atom stereocenters. The number of nitrogens with zero attached hydrogens (tertiary/aromatic N) is 1. The van der Waals surface area contributed by atoms with Crippen molar-refractivity contribution < 1.29 is 18.8 Å². The molecular formula is C33H41ClN2O4S. The van der Waals surface area contributed by atoms with E-state index in [1.54, 1.807) is 6.07 Å². The number of benzene rings is 2. The highest BCUT2D eigenvalue weighted by Gasteiger charge is 2.44. The predicted molar refractivity (Wildman–Crippen MR) is 168 cm³/mol. The summed E-state index contributed by atoms with van der Waals surface area (Å²) in [6.45, 7) is 5.96. The van der Waals surface area contributed by atoms with Gasteiger partial charge in [0.25, 0.3) is 5.91 Å². The number of allylic oxidation sites excluding steroid dienone is 1. The van der Waals surface area contributed by atoms with Gasteiger partial charge in [0.2, 0.25) is 0 Å². The van der Waals surface area contributed by atoms with Crippen LogP contribution < -0.4 is 14.4 Å². The summed E-state index contributed by atoms with van der Waals surface area (Å²) >= 11 is 6.40. The molecule has 6 nitrogen and oxygen atoms in total. The van der Waals surface area contributed by atoms with Gasteiger partial charge in [-0.2, -0.15) is 0 Å². The molecule has 2 N–H and O–H groups in total. The van der Waals surface area contributed by atoms with Gasteiger partial charge in [0, 0.05) is 34.3 Å². The lowest BCUT2D eigenvalue weighted by Gasteiger charge is -2.45. The Kier molecular flexibility index (Phi) is 7.66. The molecule has 0 saturated heterocycles. The molecule has 2 aliphatic carbocycles. The molecule has 0 aromatic heterocycles. The van der Waals surface area contributed by atoms with Gasteiger partial charge in [-0.1, -0.05) is 36.7 Å². The number of carbonyl (C=O) groups is 1. The Bertz CT molecular complexity index is 1470. The summed E-state index contributed by atoms with van der Waals surface area (Å²) in [6, 6.07) is 11.7. The van der Waals surface area contributed by atoms with Crippen molar-refractivity contribution in [2.24, 2.45) is 17.8 Å². The number of nitrogens with one attached hydrogen (secondary N) is 1. The Labute approximate surface area is 249 Å². The number of ether oxygens (including phenoxy) is 1. The number of hydrogen-bond acceptors (Lipinski definition) is 5. The molecule has 220 valence electrons. The van der Waals surface area contributed by atoms with Gasteiger partial charge in [0.15, 0.2) is 0 Å². The van der Waals surface area contributed by atoms with Crippen LogP contribution in [0.2, 0.25) is 5.02 Å². The second-order valence-electron chi connectivity index (χ2n) is 12.8. The molecule has 1 amide bonds. The van der Waals surface area contributed by atoms with Crippen molar-refractivity contribution >= 4 is 38.8 Å². The lowest BCUT2D eigenvalue weighted by Crippen LogP contribution is -2.49. The number of aliphatic hydroxyl groups excluding tert-OH is 1. The van der Waals surface area contributed by atoms with Crippen LogP contribution >= 0.6 is 11.6 Å². The monoisotopic (exact) mass is 596 g/mol. The molecule has 2 bridgehead atoms. The number of rotatable bonds is 0. The fourth-order valence-electron chi connectivity index (χ4n) is 7.33. The zero-order chi connectivity index (χ0) is 28.9. The van der Waals surface area contributed by atoms with Gasteiger partial charge < -0.3 is 14.7 Å². The quantitative estimate of drug-likeness (QED) is 0.308. The van der Waals surface area contributed by atoms with E-state index in [2.05, 4.69) is 34.5 Å². The van der Waals surface area contributed by atoms with Crippen molar-refractivity contribution in [2.75, 3.05) is 24.6 Å². The van der Waals surface area contributed by atoms with Gasteiger partial charge in [-0.25, -0.2) is 4.21 Å². The van der Waals surface area contributed by atoms with Crippen LogP contribution in [0.4, 0.5) is 5.69 Å². The molecule has 1 spiro atoms. The first-order chi connectivity index (χ1) is 19.5. The molecule has 2 aliphatic heterocycles. The number of hydrogen-bond donors (Lipinski definition) is 2. The lowest BCUT2D eigenvalue weighted by molar-refractivity contribution is 0.0454. The van der Waals surface area contributed by atoms with Crippen LogP contribution in [-0.2, 0) is 21.5 Å². The van der Waals surface area contributed by atoms with Gasteiger partial charge in [-0.3, -0.25) is 9.52 Å². The van der Waals surface area contributed by atoms with Crippen LogP contribution in [-0.4, -0.2) is 52.1 Å². The average Bonchev–Trinajstić information content (AvgIpc) is 3.06. The molecule has 1 saturated carbocycles. The maximum absolute atomic E-state index is 13.5. The Hall–Kier alpha value is -2.48. The molecular weight excluding hydrogens is 556 g/mol. The maximum atomic E-state index is 13.5. The van der Waals surface area contributed by atoms with Crippen LogP contribution in [0.5, 0.6) is 5.75 Å². The van der Waals surface area contributed by atoms with Gasteiger partial charge in [-0.15, -0.1) is 0 Å². The van der Waals surface area contributed by atoms with Gasteiger partial charge in [0.05, 0.1) is 28.1 Å². The second-order valence-corrected chi connectivity index (χ2v) is 15.7. The molecule has 7 atom stereocenters. The summed E-state index contributed by atoms with van der Waals surface area (Å²) < 4.78 is 22.8. The first-order valence-electron chi connectivity index (χ1n) is 14.9. The molecule has 41 heavy (non-hydrogen) atoms. The number of anilines is 1. The molecule has 6 rings (SSSR count). The van der Waals surface area contributed by atoms with Gasteiger partial charge in [0.1, 0.15) is 5.75 Å². The standard InChI is InChI=1S/C33H41ClN2O4S/c1-21-6-12-30(37)27-10-7-25(27)18-36-19-33(14-4-5-23-16-26(34)9-11-28(23)33)20-40-31-13-8-24(17-29(31)36)32(38)35-41(3,39)22(2)15-21/h6,8-9,11-13,16-17,21-22,25,27,30,37H,3-5,7,10,14-15,18-20H2,1-2H3,(H,35,38,39)/b12-6+/t21-,22+,25+,27-,30+,33+,41?/m1/s1. The van der Waals surface area contributed by atoms with Crippen LogP contribution in [0.25, 0.3) is 0 Å². The highest BCUT2D eigenvalue weighted by Crippen LogP contribution is 2.46. The van der Waals surface area contributed by atoms with E-state index in [4.69, 9.17) is 16.3 Å². The normalized spacial score (nSPS) is 36.1. The van der Waals surface area contributed by atoms with Crippen LogP contribution in [0.15, 0.2) is 48.6 Å². The summed E-state index contributed by atoms with van der Waals surface area (Å²) in [6.07, 6.45) is 9.11.